The number of aromatic amines is 1. The smallest absolute Gasteiger partial charge is 0.295 e. The Morgan fingerprint density at radius 1 is 1.32 bits per heavy atom. The second-order valence-corrected chi connectivity index (χ2v) is 4.78. The molecule has 0 aliphatic heterocycles. The lowest BCUT2D eigenvalue weighted by Crippen LogP contribution is -1.91. The molecule has 96 valence electrons. The van der Waals surface area contributed by atoms with Crippen LogP contribution < -0.4 is 5.73 Å². The molecule has 8 heteroatoms. The monoisotopic (exact) mass is 320 g/mol. The molecule has 1 aromatic carbocycles. The molecule has 0 aliphatic carbocycles. The van der Waals surface area contributed by atoms with Gasteiger partial charge in [0.25, 0.3) is 5.89 Å². The van der Waals surface area contributed by atoms with Crippen molar-refractivity contribution < 1.29 is 4.52 Å². The zero-order valence-electron chi connectivity index (χ0n) is 9.67. The molecule has 0 amide bonds. The molecule has 0 aliphatic rings. The van der Waals surface area contributed by atoms with Crippen molar-refractivity contribution in [3.8, 4) is 11.7 Å². The van der Waals surface area contributed by atoms with E-state index >= 15 is 0 Å². The van der Waals surface area contributed by atoms with Crippen LogP contribution in [0.1, 0.15) is 11.4 Å². The van der Waals surface area contributed by atoms with Crippen LogP contribution in [-0.4, -0.2) is 25.3 Å². The number of halogens is 1. The number of nitrogens with one attached hydrogen (secondary N) is 1. The van der Waals surface area contributed by atoms with E-state index in [1.165, 1.54) is 0 Å². The largest absolute Gasteiger partial charge is 0.366 e. The fourth-order valence-corrected chi connectivity index (χ4v) is 2.07. The molecular formula is C11H9BrN6O. The molecule has 0 radical (unpaired) electrons. The quantitative estimate of drug-likeness (QED) is 0.762. The van der Waals surface area contributed by atoms with Crippen LogP contribution in [0, 0.1) is 0 Å². The van der Waals surface area contributed by atoms with E-state index in [1.807, 2.05) is 24.3 Å². The molecule has 3 aromatic rings. The third kappa shape index (κ3) is 2.63. The van der Waals surface area contributed by atoms with Crippen LogP contribution in [0.3, 0.4) is 0 Å². The summed E-state index contributed by atoms with van der Waals surface area (Å²) in [7, 11) is 0. The third-order valence-corrected chi connectivity index (χ3v) is 2.92. The number of benzene rings is 1. The van der Waals surface area contributed by atoms with Gasteiger partial charge in [-0.1, -0.05) is 33.2 Å². The van der Waals surface area contributed by atoms with Crippen molar-refractivity contribution in [2.75, 3.05) is 5.73 Å². The van der Waals surface area contributed by atoms with Crippen LogP contribution in [0.5, 0.6) is 0 Å². The summed E-state index contributed by atoms with van der Waals surface area (Å²) in [5, 5.41) is 10.2. The molecule has 0 saturated heterocycles. The Morgan fingerprint density at radius 2 is 2.21 bits per heavy atom. The summed E-state index contributed by atoms with van der Waals surface area (Å²) in [4.78, 5) is 8.16. The Kier molecular flexibility index (Phi) is 3.00. The molecule has 7 nitrogen and oxygen atoms in total. The van der Waals surface area contributed by atoms with Gasteiger partial charge >= 0.3 is 0 Å². The molecule has 0 atom stereocenters. The van der Waals surface area contributed by atoms with Crippen molar-refractivity contribution >= 4 is 21.9 Å². The van der Waals surface area contributed by atoms with E-state index in [9.17, 15) is 0 Å². The highest BCUT2D eigenvalue weighted by Gasteiger charge is 2.13. The van der Waals surface area contributed by atoms with Crippen molar-refractivity contribution in [2.24, 2.45) is 0 Å². The Bertz CT molecular complexity index is 707. The first-order valence-corrected chi connectivity index (χ1v) is 6.25. The number of anilines is 1. The molecule has 0 fully saturated rings. The summed E-state index contributed by atoms with van der Waals surface area (Å²) in [5.74, 6) is 1.35. The summed E-state index contributed by atoms with van der Waals surface area (Å²) in [6, 6.07) is 7.91. The van der Waals surface area contributed by atoms with Gasteiger partial charge in [0, 0.05) is 10.9 Å². The molecule has 2 heterocycles. The van der Waals surface area contributed by atoms with Crippen LogP contribution in [0.4, 0.5) is 5.95 Å². The molecule has 0 spiro atoms. The number of hydrogen-bond acceptors (Lipinski definition) is 6. The van der Waals surface area contributed by atoms with Crippen molar-refractivity contribution in [3.63, 3.8) is 0 Å². The average Bonchev–Trinajstić information content (AvgIpc) is 2.98. The fraction of sp³-hybridized carbons (Fsp3) is 0.0909. The van der Waals surface area contributed by atoms with Crippen LogP contribution in [0.15, 0.2) is 33.3 Å². The average molecular weight is 321 g/mol. The van der Waals surface area contributed by atoms with Gasteiger partial charge in [-0.3, -0.25) is 5.10 Å². The van der Waals surface area contributed by atoms with Crippen LogP contribution >= 0.6 is 15.9 Å². The van der Waals surface area contributed by atoms with Gasteiger partial charge in [0.05, 0.1) is 0 Å². The van der Waals surface area contributed by atoms with Gasteiger partial charge < -0.3 is 10.3 Å². The Hall–Kier alpha value is -2.22. The summed E-state index contributed by atoms with van der Waals surface area (Å²) in [5.41, 5.74) is 6.50. The molecule has 0 bridgehead atoms. The summed E-state index contributed by atoms with van der Waals surface area (Å²) < 4.78 is 6.12. The van der Waals surface area contributed by atoms with Crippen molar-refractivity contribution in [1.82, 2.24) is 25.3 Å². The van der Waals surface area contributed by atoms with E-state index in [-0.39, 0.29) is 11.8 Å². The highest BCUT2D eigenvalue weighted by atomic mass is 79.9. The first kappa shape index (κ1) is 11.8. The minimum Gasteiger partial charge on any atom is -0.366 e. The summed E-state index contributed by atoms with van der Waals surface area (Å²) in [6.07, 6.45) is 0.576. The second kappa shape index (κ2) is 4.81. The van der Waals surface area contributed by atoms with Gasteiger partial charge in [-0.25, -0.2) is 0 Å². The van der Waals surface area contributed by atoms with Crippen molar-refractivity contribution in [3.05, 3.63) is 40.1 Å². The summed E-state index contributed by atoms with van der Waals surface area (Å²) in [6.45, 7) is 0. The van der Waals surface area contributed by atoms with Gasteiger partial charge in [0.1, 0.15) is 0 Å². The molecule has 0 saturated carbocycles. The van der Waals surface area contributed by atoms with Gasteiger partial charge in [0.2, 0.25) is 11.8 Å². The molecular weight excluding hydrogens is 312 g/mol. The standard InChI is InChI=1S/C11H9BrN6O/c12-7-3-1-2-6(4-7)5-8-14-10(19-18-8)9-15-11(13)17-16-9/h1-4H,5H2,(H3,13,15,16,17). The van der Waals surface area contributed by atoms with Crippen molar-refractivity contribution in [1.29, 1.82) is 0 Å². The zero-order chi connectivity index (χ0) is 13.2. The topological polar surface area (TPSA) is 107 Å². The maximum atomic E-state index is 5.41. The number of nitrogens with zero attached hydrogens (tertiary/aromatic N) is 4. The van der Waals surface area contributed by atoms with E-state index in [2.05, 4.69) is 41.3 Å². The van der Waals surface area contributed by atoms with Crippen LogP contribution in [0.2, 0.25) is 0 Å². The van der Waals surface area contributed by atoms with E-state index in [1.54, 1.807) is 0 Å². The maximum absolute atomic E-state index is 5.41. The number of rotatable bonds is 3. The van der Waals surface area contributed by atoms with Crippen LogP contribution in [0.25, 0.3) is 11.7 Å². The fourth-order valence-electron chi connectivity index (χ4n) is 1.62. The first-order valence-electron chi connectivity index (χ1n) is 5.46. The first-order chi connectivity index (χ1) is 9.20. The number of hydrogen-bond donors (Lipinski definition) is 2. The van der Waals surface area contributed by atoms with E-state index in [0.29, 0.717) is 18.1 Å². The van der Waals surface area contributed by atoms with Gasteiger partial charge in [-0.15, -0.1) is 5.10 Å². The summed E-state index contributed by atoms with van der Waals surface area (Å²) >= 11 is 3.42. The van der Waals surface area contributed by atoms with E-state index < -0.39 is 0 Å². The normalized spacial score (nSPS) is 10.8. The molecule has 2 aromatic heterocycles. The molecule has 0 unspecified atom stereocenters. The molecule has 3 N–H and O–H groups in total. The van der Waals surface area contributed by atoms with Gasteiger partial charge in [-0.05, 0) is 17.7 Å². The lowest BCUT2D eigenvalue weighted by atomic mass is 10.1. The molecule has 19 heavy (non-hydrogen) atoms. The zero-order valence-corrected chi connectivity index (χ0v) is 11.3. The number of nitrogen functional groups attached to an aromatic ring is 1. The second-order valence-electron chi connectivity index (χ2n) is 3.86. The van der Waals surface area contributed by atoms with Crippen molar-refractivity contribution in [2.45, 2.75) is 6.42 Å². The van der Waals surface area contributed by atoms with Gasteiger partial charge in [0.15, 0.2) is 5.82 Å². The molecule has 3 rings (SSSR count). The number of H-pyrrole nitrogens is 1. The lowest BCUT2D eigenvalue weighted by Gasteiger charge is -1.96. The predicted octanol–water partition coefficient (Wildman–Crippen LogP) is 1.79. The SMILES string of the molecule is Nc1n[nH]c(-c2nc(Cc3cccc(Br)c3)no2)n1. The van der Waals surface area contributed by atoms with Gasteiger partial charge in [-0.2, -0.15) is 9.97 Å². The maximum Gasteiger partial charge on any atom is 0.295 e. The highest BCUT2D eigenvalue weighted by molar-refractivity contribution is 9.10. The predicted molar refractivity (Wildman–Crippen MR) is 71.0 cm³/mol. The third-order valence-electron chi connectivity index (χ3n) is 2.42. The minimum absolute atomic E-state index is 0.140. The Balaban J connectivity index is 1.82. The minimum atomic E-state index is 0.140. The number of aromatic nitrogens is 5. The Morgan fingerprint density at radius 3 is 2.95 bits per heavy atom. The van der Waals surface area contributed by atoms with E-state index in [4.69, 9.17) is 10.3 Å². The Labute approximate surface area is 116 Å². The highest BCUT2D eigenvalue weighted by Crippen LogP contribution is 2.16. The number of nitrogens with two attached hydrogens (primary N) is 1. The van der Waals surface area contributed by atoms with E-state index in [0.717, 1.165) is 10.0 Å². The lowest BCUT2D eigenvalue weighted by molar-refractivity contribution is 0.421. The van der Waals surface area contributed by atoms with Crippen LogP contribution in [-0.2, 0) is 6.42 Å².